The summed E-state index contributed by atoms with van der Waals surface area (Å²) in [5.74, 6) is 0.640. The summed E-state index contributed by atoms with van der Waals surface area (Å²) in [6, 6.07) is 5.88. The molecule has 1 heterocycles. The largest absolute Gasteiger partial charge is 0.416 e. The molecule has 1 aromatic carbocycles. The molecular formula is C22H32F3N3O2. The standard InChI is InChI=1S/C22H32F3N3O2/c1-30-16-21(29)26-19-7-5-17(6-8-19)9-10-27-11-13-28(14-12-27)20-4-2-3-18(15-20)22(23,24)25/h2-4,15,17,19H,5-14,16H2,1H3,(H,26,29). The first kappa shape index (κ1) is 22.9. The second kappa shape index (κ2) is 10.5. The predicted octanol–water partition coefficient (Wildman–Crippen LogP) is 3.54. The van der Waals surface area contributed by atoms with E-state index in [1.807, 2.05) is 4.90 Å². The number of rotatable bonds is 7. The van der Waals surface area contributed by atoms with Crippen molar-refractivity contribution in [2.24, 2.45) is 5.92 Å². The number of alkyl halides is 3. The first-order valence-electron chi connectivity index (χ1n) is 10.8. The Bertz CT molecular complexity index is 682. The van der Waals surface area contributed by atoms with E-state index in [4.69, 9.17) is 4.74 Å². The highest BCUT2D eigenvalue weighted by Crippen LogP contribution is 2.32. The average molecular weight is 428 g/mol. The summed E-state index contributed by atoms with van der Waals surface area (Å²) in [6.45, 7) is 4.39. The molecule has 8 heteroatoms. The Morgan fingerprint density at radius 2 is 1.83 bits per heavy atom. The lowest BCUT2D eigenvalue weighted by Gasteiger charge is -2.37. The van der Waals surface area contributed by atoms with Gasteiger partial charge in [-0.3, -0.25) is 9.69 Å². The van der Waals surface area contributed by atoms with Gasteiger partial charge < -0.3 is 15.0 Å². The number of amides is 1. The van der Waals surface area contributed by atoms with Crippen molar-refractivity contribution in [3.63, 3.8) is 0 Å². The highest BCUT2D eigenvalue weighted by Gasteiger charge is 2.31. The summed E-state index contributed by atoms with van der Waals surface area (Å²) in [5.41, 5.74) is 0.0646. The number of nitrogens with zero attached hydrogens (tertiary/aromatic N) is 2. The third-order valence-electron chi connectivity index (χ3n) is 6.25. The molecule has 0 bridgehead atoms. The molecule has 1 saturated heterocycles. The number of ether oxygens (including phenoxy) is 1. The van der Waals surface area contributed by atoms with Crippen LogP contribution in [0.25, 0.3) is 0 Å². The van der Waals surface area contributed by atoms with Crippen molar-refractivity contribution in [1.29, 1.82) is 0 Å². The molecule has 1 aliphatic heterocycles. The normalized spacial score (nSPS) is 23.4. The van der Waals surface area contributed by atoms with Gasteiger partial charge in [-0.2, -0.15) is 13.2 Å². The molecule has 0 aromatic heterocycles. The van der Waals surface area contributed by atoms with Crippen LogP contribution in [0.1, 0.15) is 37.7 Å². The van der Waals surface area contributed by atoms with Crippen LogP contribution in [0.15, 0.2) is 24.3 Å². The van der Waals surface area contributed by atoms with Gasteiger partial charge in [0.1, 0.15) is 6.61 Å². The smallest absolute Gasteiger partial charge is 0.375 e. The third kappa shape index (κ3) is 6.60. The number of hydrogen-bond donors (Lipinski definition) is 1. The van der Waals surface area contributed by atoms with Crippen molar-refractivity contribution >= 4 is 11.6 Å². The molecule has 30 heavy (non-hydrogen) atoms. The van der Waals surface area contributed by atoms with E-state index in [2.05, 4.69) is 10.2 Å². The number of carbonyl (C=O) groups is 1. The number of halogens is 3. The molecule has 1 saturated carbocycles. The van der Waals surface area contributed by atoms with Crippen molar-refractivity contribution in [2.45, 2.75) is 44.3 Å². The topological polar surface area (TPSA) is 44.8 Å². The number of carbonyl (C=O) groups excluding carboxylic acids is 1. The molecule has 2 fully saturated rings. The number of piperazine rings is 1. The molecule has 168 valence electrons. The van der Waals surface area contributed by atoms with Crippen molar-refractivity contribution in [1.82, 2.24) is 10.2 Å². The minimum absolute atomic E-state index is 0.0420. The number of anilines is 1. The first-order chi connectivity index (χ1) is 14.3. The van der Waals surface area contributed by atoms with Crippen LogP contribution in [0.4, 0.5) is 18.9 Å². The van der Waals surface area contributed by atoms with Gasteiger partial charge in [-0.05, 0) is 62.8 Å². The fraction of sp³-hybridized carbons (Fsp3) is 0.682. The van der Waals surface area contributed by atoms with Gasteiger partial charge in [0.2, 0.25) is 5.91 Å². The Kier molecular flexibility index (Phi) is 7.99. The summed E-state index contributed by atoms with van der Waals surface area (Å²) < 4.78 is 43.7. The maximum Gasteiger partial charge on any atom is 0.416 e. The Morgan fingerprint density at radius 3 is 2.47 bits per heavy atom. The molecule has 0 unspecified atom stereocenters. The summed E-state index contributed by atoms with van der Waals surface area (Å²) in [5, 5.41) is 3.03. The zero-order chi connectivity index (χ0) is 21.6. The SMILES string of the molecule is COCC(=O)NC1CCC(CCN2CCN(c3cccc(C(F)(F)F)c3)CC2)CC1. The second-order valence-electron chi connectivity index (χ2n) is 8.38. The first-order valence-corrected chi connectivity index (χ1v) is 10.8. The van der Waals surface area contributed by atoms with Crippen LogP contribution in [-0.4, -0.2) is 63.3 Å². The summed E-state index contributed by atoms with van der Waals surface area (Å²) in [7, 11) is 1.52. The van der Waals surface area contributed by atoms with E-state index < -0.39 is 11.7 Å². The lowest BCUT2D eigenvalue weighted by atomic mass is 9.84. The predicted molar refractivity (Wildman–Crippen MR) is 110 cm³/mol. The van der Waals surface area contributed by atoms with Gasteiger partial charge >= 0.3 is 6.18 Å². The van der Waals surface area contributed by atoms with E-state index in [1.165, 1.54) is 19.2 Å². The molecule has 0 atom stereocenters. The van der Waals surface area contributed by atoms with E-state index in [1.54, 1.807) is 6.07 Å². The van der Waals surface area contributed by atoms with E-state index >= 15 is 0 Å². The van der Waals surface area contributed by atoms with Crippen molar-refractivity contribution < 1.29 is 22.7 Å². The van der Waals surface area contributed by atoms with Gasteiger partial charge in [0.25, 0.3) is 0 Å². The zero-order valence-electron chi connectivity index (χ0n) is 17.6. The van der Waals surface area contributed by atoms with Gasteiger partial charge in [-0.15, -0.1) is 0 Å². The average Bonchev–Trinajstić information content (AvgIpc) is 2.73. The molecule has 3 rings (SSSR count). The Morgan fingerprint density at radius 1 is 1.13 bits per heavy atom. The minimum Gasteiger partial charge on any atom is -0.375 e. The fourth-order valence-electron chi connectivity index (χ4n) is 4.47. The van der Waals surface area contributed by atoms with Crippen molar-refractivity contribution in [3.8, 4) is 0 Å². The van der Waals surface area contributed by atoms with E-state index in [0.29, 0.717) is 11.6 Å². The highest BCUT2D eigenvalue weighted by molar-refractivity contribution is 5.77. The fourth-order valence-corrected chi connectivity index (χ4v) is 4.47. The molecule has 1 aromatic rings. The summed E-state index contributed by atoms with van der Waals surface area (Å²) >= 11 is 0. The Hall–Kier alpha value is -1.80. The summed E-state index contributed by atoms with van der Waals surface area (Å²) in [4.78, 5) is 16.1. The molecule has 5 nitrogen and oxygen atoms in total. The highest BCUT2D eigenvalue weighted by atomic mass is 19.4. The van der Waals surface area contributed by atoms with Crippen LogP contribution in [0, 0.1) is 5.92 Å². The third-order valence-corrected chi connectivity index (χ3v) is 6.25. The van der Waals surface area contributed by atoms with Gasteiger partial charge in [0, 0.05) is 45.0 Å². The molecule has 2 aliphatic rings. The molecular weight excluding hydrogens is 395 g/mol. The maximum absolute atomic E-state index is 12.9. The van der Waals surface area contributed by atoms with Gasteiger partial charge in [-0.1, -0.05) is 6.07 Å². The Balaban J connectivity index is 1.36. The van der Waals surface area contributed by atoms with Crippen LogP contribution >= 0.6 is 0 Å². The molecule has 1 N–H and O–H groups in total. The lowest BCUT2D eigenvalue weighted by Crippen LogP contribution is -2.47. The number of nitrogens with one attached hydrogen (secondary N) is 1. The van der Waals surface area contributed by atoms with Crippen molar-refractivity contribution in [2.75, 3.05) is 51.3 Å². The van der Waals surface area contributed by atoms with E-state index in [0.717, 1.165) is 70.9 Å². The molecule has 1 amide bonds. The second-order valence-corrected chi connectivity index (χ2v) is 8.38. The number of benzene rings is 1. The molecule has 0 radical (unpaired) electrons. The lowest BCUT2D eigenvalue weighted by molar-refractivity contribution is -0.137. The Labute approximate surface area is 176 Å². The van der Waals surface area contributed by atoms with Crippen LogP contribution in [0.5, 0.6) is 0 Å². The van der Waals surface area contributed by atoms with Crippen LogP contribution in [-0.2, 0) is 15.7 Å². The van der Waals surface area contributed by atoms with Crippen LogP contribution in [0.3, 0.4) is 0 Å². The monoisotopic (exact) mass is 427 g/mol. The maximum atomic E-state index is 12.9. The van der Waals surface area contributed by atoms with Crippen molar-refractivity contribution in [3.05, 3.63) is 29.8 Å². The van der Waals surface area contributed by atoms with Gasteiger partial charge in [-0.25, -0.2) is 0 Å². The zero-order valence-corrected chi connectivity index (χ0v) is 17.6. The van der Waals surface area contributed by atoms with E-state index in [-0.39, 0.29) is 18.6 Å². The minimum atomic E-state index is -4.30. The van der Waals surface area contributed by atoms with Gasteiger partial charge in [0.05, 0.1) is 5.56 Å². The van der Waals surface area contributed by atoms with Crippen LogP contribution in [0.2, 0.25) is 0 Å². The molecule has 0 spiro atoms. The quantitative estimate of drug-likeness (QED) is 0.723. The summed E-state index contributed by atoms with van der Waals surface area (Å²) in [6.07, 6.45) is 1.13. The van der Waals surface area contributed by atoms with E-state index in [9.17, 15) is 18.0 Å². The number of hydrogen-bond acceptors (Lipinski definition) is 4. The number of methoxy groups -OCH3 is 1. The van der Waals surface area contributed by atoms with Gasteiger partial charge in [0.15, 0.2) is 0 Å². The molecule has 1 aliphatic carbocycles. The van der Waals surface area contributed by atoms with Crippen LogP contribution < -0.4 is 10.2 Å².